The van der Waals surface area contributed by atoms with Crippen molar-refractivity contribution in [2.75, 3.05) is 5.73 Å². The van der Waals surface area contributed by atoms with Crippen LogP contribution >= 0.6 is 0 Å². The molecule has 1 aromatic heterocycles. The highest BCUT2D eigenvalue weighted by Crippen LogP contribution is 2.22. The third kappa shape index (κ3) is 2.51. The lowest BCUT2D eigenvalue weighted by Crippen LogP contribution is -2.02. The SMILES string of the molecule is CCn1c(Cc2ccc(N)cc2)nc2cc(C)c(C)cc21. The monoisotopic (exact) mass is 279 g/mol. The Hall–Kier alpha value is -2.29. The molecule has 2 N–H and O–H groups in total. The second kappa shape index (κ2) is 5.24. The minimum atomic E-state index is 0.800. The van der Waals surface area contributed by atoms with Crippen LogP contribution in [0.2, 0.25) is 0 Å². The van der Waals surface area contributed by atoms with Crippen LogP contribution in [-0.2, 0) is 13.0 Å². The summed E-state index contributed by atoms with van der Waals surface area (Å²) >= 11 is 0. The predicted molar refractivity (Wildman–Crippen MR) is 88.5 cm³/mol. The molecule has 0 saturated heterocycles. The first kappa shape index (κ1) is 13.7. The summed E-state index contributed by atoms with van der Waals surface area (Å²) in [7, 11) is 0. The zero-order valence-corrected chi connectivity index (χ0v) is 12.9. The Morgan fingerprint density at radius 2 is 1.71 bits per heavy atom. The van der Waals surface area contributed by atoms with Crippen LogP contribution in [0.5, 0.6) is 0 Å². The van der Waals surface area contributed by atoms with Gasteiger partial charge in [-0.2, -0.15) is 0 Å². The summed E-state index contributed by atoms with van der Waals surface area (Å²) in [6.07, 6.45) is 0.834. The highest BCUT2D eigenvalue weighted by atomic mass is 15.1. The van der Waals surface area contributed by atoms with Gasteiger partial charge in [0.25, 0.3) is 0 Å². The molecule has 3 aromatic rings. The van der Waals surface area contributed by atoms with E-state index < -0.39 is 0 Å². The minimum absolute atomic E-state index is 0.800. The fourth-order valence-corrected chi connectivity index (χ4v) is 2.74. The molecular formula is C18H21N3. The first-order valence-electron chi connectivity index (χ1n) is 7.39. The van der Waals surface area contributed by atoms with Gasteiger partial charge in [-0.15, -0.1) is 0 Å². The van der Waals surface area contributed by atoms with Crippen LogP contribution in [0.15, 0.2) is 36.4 Å². The fraction of sp³-hybridized carbons (Fsp3) is 0.278. The summed E-state index contributed by atoms with van der Waals surface area (Å²) in [5.74, 6) is 1.11. The summed E-state index contributed by atoms with van der Waals surface area (Å²) in [4.78, 5) is 4.83. The highest BCUT2D eigenvalue weighted by molar-refractivity contribution is 5.78. The van der Waals surface area contributed by atoms with Crippen LogP contribution in [0.1, 0.15) is 29.4 Å². The maximum Gasteiger partial charge on any atom is 0.114 e. The molecule has 0 fully saturated rings. The number of imidazole rings is 1. The molecule has 0 unspecified atom stereocenters. The van der Waals surface area contributed by atoms with Gasteiger partial charge in [0.2, 0.25) is 0 Å². The van der Waals surface area contributed by atoms with Gasteiger partial charge in [0.1, 0.15) is 5.82 Å². The van der Waals surface area contributed by atoms with Crippen LogP contribution in [0.4, 0.5) is 5.69 Å². The number of anilines is 1. The molecule has 0 atom stereocenters. The van der Waals surface area contributed by atoms with Crippen molar-refractivity contribution in [3.63, 3.8) is 0 Å². The molecule has 0 aliphatic carbocycles. The van der Waals surface area contributed by atoms with E-state index in [-0.39, 0.29) is 0 Å². The zero-order valence-electron chi connectivity index (χ0n) is 12.9. The Balaban J connectivity index is 2.07. The maximum atomic E-state index is 5.75. The van der Waals surface area contributed by atoms with E-state index in [0.29, 0.717) is 0 Å². The highest BCUT2D eigenvalue weighted by Gasteiger charge is 2.11. The summed E-state index contributed by atoms with van der Waals surface area (Å²) < 4.78 is 2.30. The normalized spacial score (nSPS) is 11.2. The van der Waals surface area contributed by atoms with E-state index >= 15 is 0 Å². The number of nitrogen functional groups attached to an aromatic ring is 1. The largest absolute Gasteiger partial charge is 0.399 e. The van der Waals surface area contributed by atoms with Crippen LogP contribution in [0.3, 0.4) is 0 Å². The molecule has 0 aliphatic heterocycles. The van der Waals surface area contributed by atoms with Crippen LogP contribution < -0.4 is 5.73 Å². The minimum Gasteiger partial charge on any atom is -0.399 e. The van der Waals surface area contributed by atoms with E-state index in [1.54, 1.807) is 0 Å². The van der Waals surface area contributed by atoms with E-state index in [1.165, 1.54) is 22.2 Å². The number of aryl methyl sites for hydroxylation is 3. The second-order valence-corrected chi connectivity index (χ2v) is 5.62. The second-order valence-electron chi connectivity index (χ2n) is 5.62. The van der Waals surface area contributed by atoms with Gasteiger partial charge in [-0.05, 0) is 61.7 Å². The van der Waals surface area contributed by atoms with Crippen molar-refractivity contribution in [2.45, 2.75) is 33.7 Å². The van der Waals surface area contributed by atoms with E-state index in [0.717, 1.165) is 30.0 Å². The van der Waals surface area contributed by atoms with Crippen LogP contribution in [0, 0.1) is 13.8 Å². The average Bonchev–Trinajstić information content (AvgIpc) is 2.78. The van der Waals surface area contributed by atoms with Gasteiger partial charge >= 0.3 is 0 Å². The van der Waals surface area contributed by atoms with Gasteiger partial charge in [-0.1, -0.05) is 12.1 Å². The third-order valence-corrected chi connectivity index (χ3v) is 4.10. The molecule has 3 rings (SSSR count). The lowest BCUT2D eigenvalue weighted by Gasteiger charge is -2.07. The molecule has 0 bridgehead atoms. The quantitative estimate of drug-likeness (QED) is 0.740. The number of aromatic nitrogens is 2. The summed E-state index contributed by atoms with van der Waals surface area (Å²) in [6, 6.07) is 12.5. The van der Waals surface area contributed by atoms with Crippen molar-refractivity contribution < 1.29 is 0 Å². The van der Waals surface area contributed by atoms with Crippen molar-refractivity contribution in [2.24, 2.45) is 0 Å². The van der Waals surface area contributed by atoms with Crippen LogP contribution in [0.25, 0.3) is 11.0 Å². The number of rotatable bonds is 3. The van der Waals surface area contributed by atoms with Crippen molar-refractivity contribution in [3.05, 3.63) is 58.9 Å². The van der Waals surface area contributed by atoms with Crippen molar-refractivity contribution in [1.29, 1.82) is 0 Å². The van der Waals surface area contributed by atoms with Gasteiger partial charge in [-0.25, -0.2) is 4.98 Å². The smallest absolute Gasteiger partial charge is 0.114 e. The van der Waals surface area contributed by atoms with Crippen molar-refractivity contribution >= 4 is 16.7 Å². The molecule has 3 heteroatoms. The van der Waals surface area contributed by atoms with Gasteiger partial charge in [0.05, 0.1) is 11.0 Å². The zero-order chi connectivity index (χ0) is 15.0. The van der Waals surface area contributed by atoms with Gasteiger partial charge in [0.15, 0.2) is 0 Å². The van der Waals surface area contributed by atoms with E-state index in [1.807, 2.05) is 12.1 Å². The Labute approximate surface area is 125 Å². The van der Waals surface area contributed by atoms with E-state index in [2.05, 4.69) is 49.6 Å². The molecule has 0 spiro atoms. The number of hydrogen-bond donors (Lipinski definition) is 1. The lowest BCUT2D eigenvalue weighted by atomic mass is 10.1. The van der Waals surface area contributed by atoms with E-state index in [4.69, 9.17) is 10.7 Å². The first-order chi connectivity index (χ1) is 10.1. The van der Waals surface area contributed by atoms with Gasteiger partial charge in [-0.3, -0.25) is 0 Å². The molecule has 21 heavy (non-hydrogen) atoms. The number of fused-ring (bicyclic) bond motifs is 1. The van der Waals surface area contributed by atoms with Gasteiger partial charge in [0, 0.05) is 18.7 Å². The summed E-state index contributed by atoms with van der Waals surface area (Å²) in [5, 5.41) is 0. The molecule has 0 amide bonds. The predicted octanol–water partition coefficient (Wildman–Crippen LogP) is 3.85. The first-order valence-corrected chi connectivity index (χ1v) is 7.39. The number of nitrogens with two attached hydrogens (primary N) is 1. The Morgan fingerprint density at radius 1 is 1.05 bits per heavy atom. The molecular weight excluding hydrogens is 258 g/mol. The van der Waals surface area contributed by atoms with Crippen molar-refractivity contribution in [3.8, 4) is 0 Å². The van der Waals surface area contributed by atoms with Crippen molar-refractivity contribution in [1.82, 2.24) is 9.55 Å². The van der Waals surface area contributed by atoms with E-state index in [9.17, 15) is 0 Å². The van der Waals surface area contributed by atoms with Gasteiger partial charge < -0.3 is 10.3 Å². The number of hydrogen-bond acceptors (Lipinski definition) is 2. The topological polar surface area (TPSA) is 43.8 Å². The lowest BCUT2D eigenvalue weighted by molar-refractivity contribution is 0.733. The molecule has 108 valence electrons. The number of benzene rings is 2. The fourth-order valence-electron chi connectivity index (χ4n) is 2.74. The molecule has 1 heterocycles. The molecule has 0 aliphatic rings. The molecule has 2 aromatic carbocycles. The number of nitrogens with zero attached hydrogens (tertiary/aromatic N) is 2. The third-order valence-electron chi connectivity index (χ3n) is 4.10. The maximum absolute atomic E-state index is 5.75. The summed E-state index contributed by atoms with van der Waals surface area (Å²) in [6.45, 7) is 7.40. The molecule has 0 radical (unpaired) electrons. The Kier molecular flexibility index (Phi) is 3.42. The van der Waals surface area contributed by atoms with Crippen LogP contribution in [-0.4, -0.2) is 9.55 Å². The summed E-state index contributed by atoms with van der Waals surface area (Å²) in [5.41, 5.74) is 12.7. The Bertz CT molecular complexity index is 782. The standard InChI is InChI=1S/C18H21N3/c1-4-21-17-10-13(3)12(2)9-16(17)20-18(21)11-14-5-7-15(19)8-6-14/h5-10H,4,11,19H2,1-3H3. The average molecular weight is 279 g/mol. The molecule has 3 nitrogen and oxygen atoms in total. The Morgan fingerprint density at radius 3 is 2.38 bits per heavy atom. The molecule has 0 saturated carbocycles.